The molecule has 2 aliphatic rings. The van der Waals surface area contributed by atoms with Crippen LogP contribution in [0.1, 0.15) is 27.2 Å². The number of ether oxygens (including phenoxy) is 1. The quantitative estimate of drug-likeness (QED) is 0.558. The molecule has 0 bridgehead atoms. The molecule has 3 heterocycles. The summed E-state index contributed by atoms with van der Waals surface area (Å²) in [5.41, 5.74) is 2.89. The van der Waals surface area contributed by atoms with E-state index in [-0.39, 0.29) is 17.3 Å². The third-order valence-electron chi connectivity index (χ3n) is 6.23. The molecular formula is C25H27N3O5S. The highest BCUT2D eigenvalue weighted by atomic mass is 32.2. The van der Waals surface area contributed by atoms with Crippen LogP contribution in [0.3, 0.4) is 0 Å². The van der Waals surface area contributed by atoms with Crippen molar-refractivity contribution in [2.45, 2.75) is 24.4 Å². The van der Waals surface area contributed by atoms with Gasteiger partial charge in [0.15, 0.2) is 0 Å². The zero-order valence-corrected chi connectivity index (χ0v) is 19.6. The van der Waals surface area contributed by atoms with E-state index in [1.54, 1.807) is 29.2 Å². The normalized spacial score (nSPS) is 16.3. The summed E-state index contributed by atoms with van der Waals surface area (Å²) in [6, 6.07) is 15.9. The Bertz CT molecular complexity index is 1270. The molecule has 34 heavy (non-hydrogen) atoms. The number of furan rings is 1. The standard InChI is InChI=1S/C25H27N3O5S/c29-25(21-3-1-5-23(16-21)34(30,31)26-17-22-4-2-13-32-22)28-11-9-27(10-12-28)18-19-6-7-24-20(15-19)8-14-33-24/h1-7,13,15-16,26H,8-12,14,17-18H2. The van der Waals surface area contributed by atoms with Crippen LogP contribution in [-0.4, -0.2) is 56.9 Å². The molecule has 2 aliphatic heterocycles. The van der Waals surface area contributed by atoms with Gasteiger partial charge in [0, 0.05) is 44.7 Å². The second kappa shape index (κ2) is 9.61. The number of hydrogen-bond acceptors (Lipinski definition) is 6. The maximum absolute atomic E-state index is 13.1. The average Bonchev–Trinajstić information content (AvgIpc) is 3.55. The fourth-order valence-electron chi connectivity index (χ4n) is 4.35. The summed E-state index contributed by atoms with van der Waals surface area (Å²) in [5.74, 6) is 1.35. The van der Waals surface area contributed by atoms with Crippen LogP contribution in [0.5, 0.6) is 5.75 Å². The molecule has 0 atom stereocenters. The summed E-state index contributed by atoms with van der Waals surface area (Å²) in [4.78, 5) is 17.3. The van der Waals surface area contributed by atoms with Gasteiger partial charge in [0.25, 0.3) is 5.91 Å². The van der Waals surface area contributed by atoms with Gasteiger partial charge in [-0.2, -0.15) is 0 Å². The molecule has 0 saturated carbocycles. The summed E-state index contributed by atoms with van der Waals surface area (Å²) in [5, 5.41) is 0. The van der Waals surface area contributed by atoms with E-state index >= 15 is 0 Å². The molecule has 2 aromatic carbocycles. The second-order valence-electron chi connectivity index (χ2n) is 8.54. The summed E-state index contributed by atoms with van der Waals surface area (Å²) in [6.45, 7) is 4.37. The number of rotatable bonds is 7. The van der Waals surface area contributed by atoms with Gasteiger partial charge >= 0.3 is 0 Å². The van der Waals surface area contributed by atoms with Crippen molar-refractivity contribution >= 4 is 15.9 Å². The van der Waals surface area contributed by atoms with Gasteiger partial charge in [-0.25, -0.2) is 13.1 Å². The smallest absolute Gasteiger partial charge is 0.253 e. The maximum Gasteiger partial charge on any atom is 0.253 e. The van der Waals surface area contributed by atoms with Crippen LogP contribution in [0.4, 0.5) is 0 Å². The summed E-state index contributed by atoms with van der Waals surface area (Å²) >= 11 is 0. The third-order valence-corrected chi connectivity index (χ3v) is 7.63. The predicted molar refractivity (Wildman–Crippen MR) is 126 cm³/mol. The number of nitrogens with zero attached hydrogens (tertiary/aromatic N) is 2. The molecule has 9 heteroatoms. The van der Waals surface area contributed by atoms with Crippen molar-refractivity contribution in [3.8, 4) is 5.75 Å². The first-order chi connectivity index (χ1) is 16.5. The van der Waals surface area contributed by atoms with Crippen LogP contribution in [0.25, 0.3) is 0 Å². The Morgan fingerprint density at radius 2 is 1.85 bits per heavy atom. The molecule has 0 aliphatic carbocycles. The van der Waals surface area contributed by atoms with E-state index in [4.69, 9.17) is 9.15 Å². The monoisotopic (exact) mass is 481 g/mol. The van der Waals surface area contributed by atoms with E-state index < -0.39 is 10.0 Å². The van der Waals surface area contributed by atoms with Gasteiger partial charge in [0.05, 0.1) is 24.3 Å². The molecule has 3 aromatic rings. The highest BCUT2D eigenvalue weighted by molar-refractivity contribution is 7.89. The van der Waals surface area contributed by atoms with Gasteiger partial charge in [-0.3, -0.25) is 9.69 Å². The third kappa shape index (κ3) is 5.01. The largest absolute Gasteiger partial charge is 0.493 e. The number of amides is 1. The molecule has 0 unspecified atom stereocenters. The summed E-state index contributed by atoms with van der Waals surface area (Å²) < 4.78 is 38.6. The van der Waals surface area contributed by atoms with E-state index in [0.717, 1.165) is 38.4 Å². The minimum absolute atomic E-state index is 0.0483. The molecule has 1 N–H and O–H groups in total. The number of carbonyl (C=O) groups is 1. The highest BCUT2D eigenvalue weighted by Crippen LogP contribution is 2.26. The van der Waals surface area contributed by atoms with Gasteiger partial charge in [0.1, 0.15) is 11.5 Å². The zero-order chi connectivity index (χ0) is 23.5. The van der Waals surface area contributed by atoms with Crippen molar-refractivity contribution in [3.05, 3.63) is 83.3 Å². The Morgan fingerprint density at radius 1 is 1.00 bits per heavy atom. The number of benzene rings is 2. The minimum Gasteiger partial charge on any atom is -0.493 e. The van der Waals surface area contributed by atoms with E-state index in [0.29, 0.717) is 24.4 Å². The topological polar surface area (TPSA) is 92.1 Å². The summed E-state index contributed by atoms with van der Waals surface area (Å²) in [7, 11) is -3.77. The molecule has 0 radical (unpaired) electrons. The molecule has 0 spiro atoms. The number of carbonyl (C=O) groups excluding carboxylic acids is 1. The maximum atomic E-state index is 13.1. The van der Waals surface area contributed by atoms with E-state index in [1.165, 1.54) is 29.5 Å². The van der Waals surface area contributed by atoms with Crippen molar-refractivity contribution in [2.24, 2.45) is 0 Å². The average molecular weight is 482 g/mol. The first-order valence-corrected chi connectivity index (χ1v) is 12.8. The van der Waals surface area contributed by atoms with Crippen LogP contribution in [0.15, 0.2) is 70.2 Å². The first-order valence-electron chi connectivity index (χ1n) is 11.4. The van der Waals surface area contributed by atoms with E-state index in [1.807, 2.05) is 6.07 Å². The SMILES string of the molecule is O=C(c1cccc(S(=O)(=O)NCc2ccco2)c1)N1CCN(Cc2ccc3c(c2)CCO3)CC1. The van der Waals surface area contributed by atoms with Gasteiger partial charge < -0.3 is 14.1 Å². The number of sulfonamides is 1. The van der Waals surface area contributed by atoms with E-state index in [9.17, 15) is 13.2 Å². The lowest BCUT2D eigenvalue weighted by atomic mass is 10.1. The van der Waals surface area contributed by atoms with Crippen LogP contribution in [0, 0.1) is 0 Å². The Balaban J connectivity index is 1.18. The number of hydrogen-bond donors (Lipinski definition) is 1. The number of fused-ring (bicyclic) bond motifs is 1. The molecule has 1 aromatic heterocycles. The predicted octanol–water partition coefficient (Wildman–Crippen LogP) is 2.65. The van der Waals surface area contributed by atoms with Crippen LogP contribution >= 0.6 is 0 Å². The Labute approximate surface area is 199 Å². The minimum atomic E-state index is -3.77. The van der Waals surface area contributed by atoms with Crippen molar-refractivity contribution in [1.29, 1.82) is 0 Å². The Morgan fingerprint density at radius 3 is 2.65 bits per heavy atom. The van der Waals surface area contributed by atoms with Crippen LogP contribution in [0.2, 0.25) is 0 Å². The molecule has 1 amide bonds. The van der Waals surface area contributed by atoms with E-state index in [2.05, 4.69) is 21.8 Å². The van der Waals surface area contributed by atoms with Crippen molar-refractivity contribution in [1.82, 2.24) is 14.5 Å². The Hall–Kier alpha value is -3.14. The van der Waals surface area contributed by atoms with Gasteiger partial charge in [-0.05, 0) is 47.5 Å². The van der Waals surface area contributed by atoms with Crippen molar-refractivity contribution in [2.75, 3.05) is 32.8 Å². The fourth-order valence-corrected chi connectivity index (χ4v) is 5.39. The molecular weight excluding hydrogens is 454 g/mol. The Kier molecular flexibility index (Phi) is 6.40. The number of nitrogens with one attached hydrogen (secondary N) is 1. The molecule has 178 valence electrons. The van der Waals surface area contributed by atoms with Crippen LogP contribution in [-0.2, 0) is 29.5 Å². The highest BCUT2D eigenvalue weighted by Gasteiger charge is 2.24. The number of piperazine rings is 1. The van der Waals surface area contributed by atoms with Crippen molar-refractivity contribution < 1.29 is 22.4 Å². The van der Waals surface area contributed by atoms with Crippen molar-refractivity contribution in [3.63, 3.8) is 0 Å². The molecule has 5 rings (SSSR count). The lowest BCUT2D eigenvalue weighted by Crippen LogP contribution is -2.48. The second-order valence-corrected chi connectivity index (χ2v) is 10.3. The lowest BCUT2D eigenvalue weighted by Gasteiger charge is -2.35. The fraction of sp³-hybridized carbons (Fsp3) is 0.320. The lowest BCUT2D eigenvalue weighted by molar-refractivity contribution is 0.0628. The first kappa shape index (κ1) is 22.6. The van der Waals surface area contributed by atoms with Gasteiger partial charge in [-0.1, -0.05) is 18.2 Å². The van der Waals surface area contributed by atoms with Crippen LogP contribution < -0.4 is 9.46 Å². The molecule has 1 fully saturated rings. The van der Waals surface area contributed by atoms with Gasteiger partial charge in [-0.15, -0.1) is 0 Å². The molecule has 1 saturated heterocycles. The van der Waals surface area contributed by atoms with Gasteiger partial charge in [0.2, 0.25) is 10.0 Å². The molecule has 8 nitrogen and oxygen atoms in total. The zero-order valence-electron chi connectivity index (χ0n) is 18.8. The summed E-state index contributed by atoms with van der Waals surface area (Å²) in [6.07, 6.45) is 2.45.